The summed E-state index contributed by atoms with van der Waals surface area (Å²) in [7, 11) is 0. The lowest BCUT2D eigenvalue weighted by Gasteiger charge is -2.17. The lowest BCUT2D eigenvalue weighted by Crippen LogP contribution is -2.30. The van der Waals surface area contributed by atoms with Gasteiger partial charge in [-0.15, -0.1) is 12.4 Å². The third-order valence-electron chi connectivity index (χ3n) is 4.81. The van der Waals surface area contributed by atoms with Gasteiger partial charge < -0.3 is 26.0 Å². The molecule has 0 bridgehead atoms. The van der Waals surface area contributed by atoms with Crippen LogP contribution in [0.4, 0.5) is 18.9 Å². The van der Waals surface area contributed by atoms with Crippen LogP contribution in [0.15, 0.2) is 42.5 Å². The first kappa shape index (κ1) is 27.5. The number of aliphatic hydroxyl groups is 1. The molecule has 2 aromatic rings. The van der Waals surface area contributed by atoms with Gasteiger partial charge in [-0.05, 0) is 55.7 Å². The van der Waals surface area contributed by atoms with Crippen LogP contribution in [-0.2, 0) is 11.0 Å². The molecule has 2 unspecified atom stereocenters. The molecule has 0 saturated heterocycles. The number of phenolic OH excluding ortho intramolecular Hbond substituents is 2. The Balaban J connectivity index is 0.00000512. The second kappa shape index (κ2) is 12.5. The van der Waals surface area contributed by atoms with Crippen LogP contribution in [0.25, 0.3) is 0 Å². The third kappa shape index (κ3) is 8.94. The Morgan fingerprint density at radius 3 is 2.44 bits per heavy atom. The van der Waals surface area contributed by atoms with Gasteiger partial charge in [0.2, 0.25) is 5.91 Å². The minimum Gasteiger partial charge on any atom is -0.504 e. The fourth-order valence-corrected chi connectivity index (χ4v) is 3.01. The Kier molecular flexibility index (Phi) is 10.8. The molecule has 2 aromatic carbocycles. The maximum atomic E-state index is 12.7. The number of rotatable bonds is 10. The van der Waals surface area contributed by atoms with Gasteiger partial charge >= 0.3 is 6.18 Å². The largest absolute Gasteiger partial charge is 0.504 e. The monoisotopic (exact) mass is 476 g/mol. The van der Waals surface area contributed by atoms with E-state index in [9.17, 15) is 33.3 Å². The molecule has 1 amide bonds. The maximum absolute atomic E-state index is 12.7. The van der Waals surface area contributed by atoms with E-state index in [1.54, 1.807) is 0 Å². The number of phenols is 2. The van der Waals surface area contributed by atoms with Gasteiger partial charge in [0.05, 0.1) is 11.7 Å². The predicted octanol–water partition coefficient (Wildman–Crippen LogP) is 4.75. The molecule has 5 N–H and O–H groups in total. The van der Waals surface area contributed by atoms with Crippen molar-refractivity contribution < 1.29 is 33.3 Å². The molecule has 2 atom stereocenters. The highest BCUT2D eigenvalue weighted by Crippen LogP contribution is 2.31. The highest BCUT2D eigenvalue weighted by Gasteiger charge is 2.30. The number of carbonyl (C=O) groups is 1. The van der Waals surface area contributed by atoms with Gasteiger partial charge in [-0.2, -0.15) is 13.2 Å². The number of hydrogen-bond acceptors (Lipinski definition) is 5. The summed E-state index contributed by atoms with van der Waals surface area (Å²) >= 11 is 0. The Morgan fingerprint density at radius 1 is 1.06 bits per heavy atom. The number of nitrogens with one attached hydrogen (secondary N) is 2. The van der Waals surface area contributed by atoms with Crippen molar-refractivity contribution in [3.05, 3.63) is 53.6 Å². The SMILES string of the molecule is CC(CCCCC(=O)Nc1cccc(C(F)(F)F)c1)NCC(O)c1ccc(O)c(O)c1.Cl. The number of anilines is 1. The number of halogens is 4. The number of benzene rings is 2. The smallest absolute Gasteiger partial charge is 0.416 e. The molecular formula is C22H28ClF3N2O4. The topological polar surface area (TPSA) is 102 Å². The van der Waals surface area contributed by atoms with Crippen LogP contribution < -0.4 is 10.6 Å². The Morgan fingerprint density at radius 2 is 1.78 bits per heavy atom. The number of aromatic hydroxyl groups is 2. The molecule has 178 valence electrons. The Bertz CT molecular complexity index is 880. The molecule has 6 nitrogen and oxygen atoms in total. The van der Waals surface area contributed by atoms with E-state index in [2.05, 4.69) is 10.6 Å². The molecular weight excluding hydrogens is 449 g/mol. The van der Waals surface area contributed by atoms with Crippen molar-refractivity contribution in [3.8, 4) is 11.5 Å². The van der Waals surface area contributed by atoms with Crippen molar-refractivity contribution in [1.82, 2.24) is 5.32 Å². The zero-order valence-corrected chi connectivity index (χ0v) is 18.3. The molecule has 0 aliphatic rings. The summed E-state index contributed by atoms with van der Waals surface area (Å²) in [6.07, 6.45) is -3.08. The zero-order valence-electron chi connectivity index (χ0n) is 17.5. The summed E-state index contributed by atoms with van der Waals surface area (Å²) < 4.78 is 38.2. The summed E-state index contributed by atoms with van der Waals surface area (Å²) in [6, 6.07) is 8.71. The molecule has 0 saturated carbocycles. The lowest BCUT2D eigenvalue weighted by molar-refractivity contribution is -0.137. The predicted molar refractivity (Wildman–Crippen MR) is 118 cm³/mol. The van der Waals surface area contributed by atoms with E-state index >= 15 is 0 Å². The van der Waals surface area contributed by atoms with Crippen LogP contribution in [0.1, 0.15) is 49.8 Å². The molecule has 32 heavy (non-hydrogen) atoms. The summed E-state index contributed by atoms with van der Waals surface area (Å²) in [6.45, 7) is 2.19. The summed E-state index contributed by atoms with van der Waals surface area (Å²) in [5.74, 6) is -0.898. The zero-order chi connectivity index (χ0) is 23.0. The van der Waals surface area contributed by atoms with Crippen LogP contribution in [0, 0.1) is 0 Å². The highest BCUT2D eigenvalue weighted by molar-refractivity contribution is 5.90. The molecule has 0 aromatic heterocycles. The number of amides is 1. The van der Waals surface area contributed by atoms with Gasteiger partial charge in [0, 0.05) is 24.7 Å². The Labute approximate surface area is 190 Å². The van der Waals surface area contributed by atoms with Crippen LogP contribution in [0.5, 0.6) is 11.5 Å². The van der Waals surface area contributed by atoms with Crippen molar-refractivity contribution in [2.24, 2.45) is 0 Å². The molecule has 2 rings (SSSR count). The van der Waals surface area contributed by atoms with Gasteiger partial charge in [-0.1, -0.05) is 18.6 Å². The minimum atomic E-state index is -4.46. The molecule has 0 fully saturated rings. The number of aliphatic hydroxyl groups excluding tert-OH is 1. The first-order chi connectivity index (χ1) is 14.6. The van der Waals surface area contributed by atoms with Crippen LogP contribution in [-0.4, -0.2) is 33.8 Å². The van der Waals surface area contributed by atoms with Gasteiger partial charge in [0.1, 0.15) is 0 Å². The van der Waals surface area contributed by atoms with E-state index < -0.39 is 17.8 Å². The van der Waals surface area contributed by atoms with E-state index in [0.717, 1.165) is 25.0 Å². The van der Waals surface area contributed by atoms with E-state index in [1.807, 2.05) is 6.92 Å². The van der Waals surface area contributed by atoms with Crippen molar-refractivity contribution in [3.63, 3.8) is 0 Å². The fourth-order valence-electron chi connectivity index (χ4n) is 3.01. The summed E-state index contributed by atoms with van der Waals surface area (Å²) in [5.41, 5.74) is -0.222. The molecule has 0 aliphatic heterocycles. The minimum absolute atomic E-state index is 0. The van der Waals surface area contributed by atoms with E-state index in [-0.39, 0.29) is 54.5 Å². The second-order valence-corrected chi connectivity index (χ2v) is 7.45. The Hall–Kier alpha value is -2.49. The van der Waals surface area contributed by atoms with Crippen molar-refractivity contribution in [2.75, 3.05) is 11.9 Å². The number of unbranched alkanes of at least 4 members (excludes halogenated alkanes) is 1. The molecule has 0 radical (unpaired) electrons. The van der Waals surface area contributed by atoms with Crippen LogP contribution in [0.2, 0.25) is 0 Å². The molecule has 0 heterocycles. The van der Waals surface area contributed by atoms with Crippen LogP contribution in [0.3, 0.4) is 0 Å². The maximum Gasteiger partial charge on any atom is 0.416 e. The number of alkyl halides is 3. The summed E-state index contributed by atoms with van der Waals surface area (Å²) in [4.78, 5) is 12.0. The third-order valence-corrected chi connectivity index (χ3v) is 4.81. The van der Waals surface area contributed by atoms with Crippen molar-refractivity contribution >= 4 is 24.0 Å². The standard InChI is InChI=1S/C22H27F3N2O4.ClH/c1-14(26-13-20(30)15-9-10-18(28)19(29)11-15)5-2-3-8-21(31)27-17-7-4-6-16(12-17)22(23,24)25;/h4,6-7,9-12,14,20,26,28-30H,2-3,5,8,13H2,1H3,(H,27,31);1H. The fraction of sp³-hybridized carbons (Fsp3) is 0.409. The average molecular weight is 477 g/mol. The molecule has 0 aliphatic carbocycles. The normalized spacial score (nSPS) is 13.2. The van der Waals surface area contributed by atoms with Crippen molar-refractivity contribution in [1.29, 1.82) is 0 Å². The number of carbonyl (C=O) groups excluding carboxylic acids is 1. The lowest BCUT2D eigenvalue weighted by atomic mass is 10.1. The molecule has 10 heteroatoms. The first-order valence-corrected chi connectivity index (χ1v) is 9.96. The van der Waals surface area contributed by atoms with E-state index in [0.29, 0.717) is 12.0 Å². The van der Waals surface area contributed by atoms with Gasteiger partial charge in [-0.25, -0.2) is 0 Å². The van der Waals surface area contributed by atoms with Gasteiger partial charge in [-0.3, -0.25) is 4.79 Å². The molecule has 0 spiro atoms. The average Bonchev–Trinajstić information content (AvgIpc) is 2.71. The number of hydrogen-bond donors (Lipinski definition) is 5. The quantitative estimate of drug-likeness (QED) is 0.251. The highest BCUT2D eigenvalue weighted by atomic mass is 35.5. The van der Waals surface area contributed by atoms with E-state index in [1.165, 1.54) is 30.3 Å². The first-order valence-electron chi connectivity index (χ1n) is 9.96. The van der Waals surface area contributed by atoms with Crippen molar-refractivity contribution in [2.45, 2.75) is 50.9 Å². The second-order valence-electron chi connectivity index (χ2n) is 7.45. The van der Waals surface area contributed by atoms with Gasteiger partial charge in [0.15, 0.2) is 11.5 Å². The van der Waals surface area contributed by atoms with E-state index in [4.69, 9.17) is 0 Å². The van der Waals surface area contributed by atoms with Crippen LogP contribution >= 0.6 is 12.4 Å². The summed E-state index contributed by atoms with van der Waals surface area (Å²) in [5, 5.41) is 34.6. The van der Waals surface area contributed by atoms with Gasteiger partial charge in [0.25, 0.3) is 0 Å².